The zero-order chi connectivity index (χ0) is 13.9. The lowest BCUT2D eigenvalue weighted by Crippen LogP contribution is -2.07. The van der Waals surface area contributed by atoms with Crippen LogP contribution in [0.5, 0.6) is 0 Å². The molecule has 0 bridgehead atoms. The Balaban J connectivity index is 1.91. The predicted molar refractivity (Wildman–Crippen MR) is 79.4 cm³/mol. The number of hydrogen-bond acceptors (Lipinski definition) is 3. The van der Waals surface area contributed by atoms with E-state index in [1.54, 1.807) is 12.4 Å². The van der Waals surface area contributed by atoms with E-state index in [4.69, 9.17) is 0 Å². The maximum atomic E-state index is 10.3. The van der Waals surface area contributed by atoms with Crippen LogP contribution in [0.4, 0.5) is 0 Å². The fraction of sp³-hybridized carbons (Fsp3) is 0.176. The Labute approximate surface area is 117 Å². The monoisotopic (exact) mass is 264 g/mol. The molecule has 2 aromatic carbocycles. The SMILES string of the molecule is Cc1cnc(C(O)Cc2cccc3ccccc23)nc1. The number of aliphatic hydroxyl groups is 1. The van der Waals surface area contributed by atoms with Crippen LogP contribution < -0.4 is 0 Å². The van der Waals surface area contributed by atoms with Crippen LogP contribution in [0.2, 0.25) is 0 Å². The number of aryl methyl sites for hydroxylation is 1. The Bertz CT molecular complexity index is 717. The Morgan fingerprint density at radius 3 is 2.50 bits per heavy atom. The van der Waals surface area contributed by atoms with Gasteiger partial charge in [0.15, 0.2) is 5.82 Å². The topological polar surface area (TPSA) is 46.0 Å². The number of fused-ring (bicyclic) bond motifs is 1. The molecule has 1 N–H and O–H groups in total. The van der Waals surface area contributed by atoms with Gasteiger partial charge in [-0.1, -0.05) is 42.5 Å². The maximum absolute atomic E-state index is 10.3. The van der Waals surface area contributed by atoms with Crippen LogP contribution in [0.3, 0.4) is 0 Å². The molecule has 0 saturated heterocycles. The second-order valence-electron chi connectivity index (χ2n) is 4.98. The third-order valence-electron chi connectivity index (χ3n) is 3.39. The highest BCUT2D eigenvalue weighted by molar-refractivity contribution is 5.85. The van der Waals surface area contributed by atoms with Crippen LogP contribution in [-0.4, -0.2) is 15.1 Å². The molecule has 0 amide bonds. The summed E-state index contributed by atoms with van der Waals surface area (Å²) < 4.78 is 0. The van der Waals surface area contributed by atoms with Gasteiger partial charge in [-0.15, -0.1) is 0 Å². The van der Waals surface area contributed by atoms with E-state index in [0.717, 1.165) is 11.1 Å². The lowest BCUT2D eigenvalue weighted by Gasteiger charge is -2.11. The molecular formula is C17H16N2O. The van der Waals surface area contributed by atoms with E-state index >= 15 is 0 Å². The number of nitrogens with zero attached hydrogens (tertiary/aromatic N) is 2. The molecule has 0 aliphatic carbocycles. The number of rotatable bonds is 3. The first-order valence-electron chi connectivity index (χ1n) is 6.67. The molecule has 1 atom stereocenters. The van der Waals surface area contributed by atoms with E-state index < -0.39 is 6.10 Å². The number of aliphatic hydroxyl groups excluding tert-OH is 1. The molecule has 0 radical (unpaired) electrons. The summed E-state index contributed by atoms with van der Waals surface area (Å²) in [6, 6.07) is 14.3. The largest absolute Gasteiger partial charge is 0.385 e. The fourth-order valence-corrected chi connectivity index (χ4v) is 2.34. The lowest BCUT2D eigenvalue weighted by atomic mass is 9.99. The molecule has 1 heterocycles. The summed E-state index contributed by atoms with van der Waals surface area (Å²) in [5.74, 6) is 0.475. The molecule has 0 aliphatic rings. The number of aromatic nitrogens is 2. The van der Waals surface area contributed by atoms with Crippen molar-refractivity contribution in [3.63, 3.8) is 0 Å². The van der Waals surface area contributed by atoms with Crippen LogP contribution in [0.25, 0.3) is 10.8 Å². The quantitative estimate of drug-likeness (QED) is 0.790. The molecule has 0 fully saturated rings. The van der Waals surface area contributed by atoms with Crippen LogP contribution >= 0.6 is 0 Å². The average Bonchev–Trinajstić information content (AvgIpc) is 2.48. The first-order valence-corrected chi connectivity index (χ1v) is 6.67. The van der Waals surface area contributed by atoms with E-state index in [-0.39, 0.29) is 0 Å². The molecule has 0 saturated carbocycles. The van der Waals surface area contributed by atoms with Gasteiger partial charge >= 0.3 is 0 Å². The summed E-state index contributed by atoms with van der Waals surface area (Å²) >= 11 is 0. The van der Waals surface area contributed by atoms with Crippen LogP contribution in [0.15, 0.2) is 54.9 Å². The Morgan fingerprint density at radius 2 is 1.70 bits per heavy atom. The molecular weight excluding hydrogens is 248 g/mol. The number of hydrogen-bond donors (Lipinski definition) is 1. The van der Waals surface area contributed by atoms with E-state index in [9.17, 15) is 5.11 Å². The van der Waals surface area contributed by atoms with Crippen molar-refractivity contribution in [1.29, 1.82) is 0 Å². The maximum Gasteiger partial charge on any atom is 0.157 e. The third kappa shape index (κ3) is 2.53. The van der Waals surface area contributed by atoms with Gasteiger partial charge in [0, 0.05) is 18.8 Å². The van der Waals surface area contributed by atoms with E-state index in [2.05, 4.69) is 28.2 Å². The van der Waals surface area contributed by atoms with Gasteiger partial charge in [-0.05, 0) is 28.8 Å². The highest BCUT2D eigenvalue weighted by atomic mass is 16.3. The zero-order valence-corrected chi connectivity index (χ0v) is 11.3. The standard InChI is InChI=1S/C17H16N2O/c1-12-10-18-17(19-11-12)16(20)9-14-7-4-6-13-5-2-3-8-15(13)14/h2-8,10-11,16,20H,9H2,1H3. The van der Waals surface area contributed by atoms with E-state index in [0.29, 0.717) is 12.2 Å². The van der Waals surface area contributed by atoms with Gasteiger partial charge in [-0.2, -0.15) is 0 Å². The highest BCUT2D eigenvalue weighted by Crippen LogP contribution is 2.23. The zero-order valence-electron chi connectivity index (χ0n) is 11.3. The van der Waals surface area contributed by atoms with Crippen molar-refractivity contribution in [3.05, 3.63) is 71.8 Å². The lowest BCUT2D eigenvalue weighted by molar-refractivity contribution is 0.168. The van der Waals surface area contributed by atoms with Crippen LogP contribution in [-0.2, 0) is 6.42 Å². The molecule has 0 aliphatic heterocycles. The molecule has 100 valence electrons. The highest BCUT2D eigenvalue weighted by Gasteiger charge is 2.13. The van der Waals surface area contributed by atoms with Crippen molar-refractivity contribution in [2.75, 3.05) is 0 Å². The van der Waals surface area contributed by atoms with Crippen LogP contribution in [0.1, 0.15) is 23.1 Å². The van der Waals surface area contributed by atoms with Crippen molar-refractivity contribution in [2.24, 2.45) is 0 Å². The second kappa shape index (κ2) is 5.39. The van der Waals surface area contributed by atoms with Gasteiger partial charge in [0.25, 0.3) is 0 Å². The van der Waals surface area contributed by atoms with Gasteiger partial charge in [0.1, 0.15) is 6.10 Å². The number of benzene rings is 2. The molecule has 20 heavy (non-hydrogen) atoms. The van der Waals surface area contributed by atoms with Gasteiger partial charge < -0.3 is 5.11 Å². The minimum Gasteiger partial charge on any atom is -0.385 e. The summed E-state index contributed by atoms with van der Waals surface area (Å²) in [4.78, 5) is 8.39. The van der Waals surface area contributed by atoms with Crippen molar-refractivity contribution in [1.82, 2.24) is 9.97 Å². The van der Waals surface area contributed by atoms with Crippen molar-refractivity contribution < 1.29 is 5.11 Å². The average molecular weight is 264 g/mol. The van der Waals surface area contributed by atoms with Gasteiger partial charge in [0.05, 0.1) is 0 Å². The first kappa shape index (κ1) is 12.8. The smallest absolute Gasteiger partial charge is 0.157 e. The predicted octanol–water partition coefficient (Wildman–Crippen LogP) is 3.21. The molecule has 3 heteroatoms. The Hall–Kier alpha value is -2.26. The van der Waals surface area contributed by atoms with E-state index in [1.807, 2.05) is 31.2 Å². The van der Waals surface area contributed by atoms with Crippen molar-refractivity contribution >= 4 is 10.8 Å². The molecule has 1 unspecified atom stereocenters. The summed E-state index contributed by atoms with van der Waals surface area (Å²) in [6.07, 6.45) is 3.30. The summed E-state index contributed by atoms with van der Waals surface area (Å²) in [6.45, 7) is 1.93. The normalized spacial score (nSPS) is 12.5. The first-order chi connectivity index (χ1) is 9.74. The molecule has 0 spiro atoms. The van der Waals surface area contributed by atoms with Crippen molar-refractivity contribution in [2.45, 2.75) is 19.4 Å². The summed E-state index contributed by atoms with van der Waals surface area (Å²) in [5, 5.41) is 12.6. The Kier molecular flexibility index (Phi) is 3.44. The van der Waals surface area contributed by atoms with Gasteiger partial charge in [0.2, 0.25) is 0 Å². The molecule has 3 rings (SSSR count). The second-order valence-corrected chi connectivity index (χ2v) is 4.98. The van der Waals surface area contributed by atoms with E-state index in [1.165, 1.54) is 10.8 Å². The fourth-order valence-electron chi connectivity index (χ4n) is 2.34. The van der Waals surface area contributed by atoms with Gasteiger partial charge in [-0.3, -0.25) is 0 Å². The van der Waals surface area contributed by atoms with Crippen molar-refractivity contribution in [3.8, 4) is 0 Å². The molecule has 3 nitrogen and oxygen atoms in total. The summed E-state index contributed by atoms with van der Waals surface area (Å²) in [7, 11) is 0. The molecule has 1 aromatic heterocycles. The van der Waals surface area contributed by atoms with Gasteiger partial charge in [-0.25, -0.2) is 9.97 Å². The molecule has 3 aromatic rings. The minimum absolute atomic E-state index is 0.475. The van der Waals surface area contributed by atoms with Crippen LogP contribution in [0, 0.1) is 6.92 Å². The Morgan fingerprint density at radius 1 is 1.00 bits per heavy atom. The minimum atomic E-state index is -0.679. The summed E-state index contributed by atoms with van der Waals surface area (Å²) in [5.41, 5.74) is 2.10. The third-order valence-corrected chi connectivity index (χ3v) is 3.39.